The van der Waals surface area contributed by atoms with Gasteiger partial charge in [-0.15, -0.1) is 0 Å². The van der Waals surface area contributed by atoms with Gasteiger partial charge in [-0.05, 0) is 36.5 Å². The first-order valence-corrected chi connectivity index (χ1v) is 14.1. The largest absolute Gasteiger partial charge is 0.367 e. The predicted octanol–water partition coefficient (Wildman–Crippen LogP) is 4.53. The average Bonchev–Trinajstić information content (AvgIpc) is 3.24. The zero-order valence-corrected chi connectivity index (χ0v) is 22.9. The number of hydrogen-bond donors (Lipinski definition) is 1. The van der Waals surface area contributed by atoms with Crippen molar-refractivity contribution in [1.29, 1.82) is 0 Å². The van der Waals surface area contributed by atoms with Crippen LogP contribution in [-0.4, -0.2) is 54.3 Å². The van der Waals surface area contributed by atoms with Gasteiger partial charge < -0.3 is 5.32 Å². The van der Waals surface area contributed by atoms with Crippen LogP contribution in [-0.2, 0) is 10.0 Å². The maximum atomic E-state index is 13.2. The van der Waals surface area contributed by atoms with Crippen LogP contribution in [0, 0.1) is 0 Å². The summed E-state index contributed by atoms with van der Waals surface area (Å²) in [6.45, 7) is 0.639. The summed E-state index contributed by atoms with van der Waals surface area (Å²) in [7, 11) is -1.87. The van der Waals surface area contributed by atoms with E-state index in [1.807, 2.05) is 38.2 Å². The van der Waals surface area contributed by atoms with Crippen molar-refractivity contribution in [3.63, 3.8) is 0 Å². The highest BCUT2D eigenvalue weighted by molar-refractivity contribution is 7.89. The third-order valence-corrected chi connectivity index (χ3v) is 9.90. The van der Waals surface area contributed by atoms with Crippen LogP contribution in [0.4, 0.5) is 5.82 Å². The molecule has 1 saturated heterocycles. The number of fused-ring (bicyclic) bond motifs is 1. The van der Waals surface area contributed by atoms with Crippen molar-refractivity contribution in [2.24, 2.45) is 0 Å². The summed E-state index contributed by atoms with van der Waals surface area (Å²) >= 11 is 24.7. The smallest absolute Gasteiger partial charge is 0.244 e. The maximum Gasteiger partial charge on any atom is 0.244 e. The molecule has 0 atom stereocenters. The van der Waals surface area contributed by atoms with Gasteiger partial charge in [-0.3, -0.25) is 0 Å². The van der Waals surface area contributed by atoms with Crippen LogP contribution >= 0.6 is 46.4 Å². The van der Waals surface area contributed by atoms with Crippen molar-refractivity contribution in [1.82, 2.24) is 18.9 Å². The Kier molecular flexibility index (Phi) is 7.15. The predicted molar refractivity (Wildman–Crippen MR) is 148 cm³/mol. The zero-order valence-electron chi connectivity index (χ0n) is 19.1. The molecule has 1 fully saturated rings. The van der Waals surface area contributed by atoms with E-state index in [1.54, 1.807) is 10.7 Å². The normalized spacial score (nSPS) is 15.4. The molecule has 4 aromatic rings. The molecule has 2 aromatic carbocycles. The number of anilines is 1. The molecule has 0 radical (unpaired) electrons. The first-order chi connectivity index (χ1) is 17.2. The summed E-state index contributed by atoms with van der Waals surface area (Å²) in [6, 6.07) is 12.3. The number of halogens is 4. The number of hydrogen-bond acceptors (Lipinski definition) is 5. The molecule has 0 aliphatic carbocycles. The number of aromatic nitrogens is 3. The molecule has 0 amide bonds. The lowest BCUT2D eigenvalue weighted by Gasteiger charge is -2.32. The number of sulfonamides is 1. The standard InChI is InChI=1S/C23H20BCl4N5O2S/c24-15-12-29-33-20(11-18(31-23(15)33)14-3-1-2-4-16(14)25)30-13-7-9-32(10-8-13)36(34,35)19-6-5-17(26)21(27)22(19)28/h1-6,11-13,30H,7-10,24H2. The third-order valence-electron chi connectivity index (χ3n) is 6.22. The highest BCUT2D eigenvalue weighted by Crippen LogP contribution is 2.37. The molecule has 0 spiro atoms. The molecular formula is C23H20BCl4N5O2S. The minimum Gasteiger partial charge on any atom is -0.367 e. The Balaban J connectivity index is 1.38. The minimum absolute atomic E-state index is 0.0231. The van der Waals surface area contributed by atoms with Gasteiger partial charge in [0, 0.05) is 42.0 Å². The van der Waals surface area contributed by atoms with E-state index in [0.717, 1.165) is 28.2 Å². The maximum absolute atomic E-state index is 13.2. The molecule has 5 rings (SSSR count). The Morgan fingerprint density at radius 2 is 1.69 bits per heavy atom. The SMILES string of the molecule is Bc1cnn2c(NC3CCN(S(=O)(=O)c4ccc(Cl)c(Cl)c4Cl)CC3)cc(-c3ccccc3Cl)nc12. The van der Waals surface area contributed by atoms with Crippen LogP contribution in [0.2, 0.25) is 20.1 Å². The molecule has 0 unspecified atom stereocenters. The van der Waals surface area contributed by atoms with E-state index in [9.17, 15) is 8.42 Å². The lowest BCUT2D eigenvalue weighted by molar-refractivity contribution is 0.329. The van der Waals surface area contributed by atoms with Gasteiger partial charge in [-0.1, -0.05) is 64.6 Å². The van der Waals surface area contributed by atoms with E-state index in [0.29, 0.717) is 31.0 Å². The zero-order chi connectivity index (χ0) is 25.6. The molecule has 1 aliphatic heterocycles. The first-order valence-electron chi connectivity index (χ1n) is 11.2. The first kappa shape index (κ1) is 25.6. The fourth-order valence-corrected chi connectivity index (χ4v) is 6.93. The minimum atomic E-state index is -3.82. The Bertz CT molecular complexity index is 1570. The highest BCUT2D eigenvalue weighted by atomic mass is 35.5. The van der Waals surface area contributed by atoms with Gasteiger partial charge in [0.2, 0.25) is 10.0 Å². The number of benzene rings is 2. The Hall–Kier alpha value is -2.01. The summed E-state index contributed by atoms with van der Waals surface area (Å²) in [5.74, 6) is 0.761. The van der Waals surface area contributed by atoms with E-state index in [1.165, 1.54) is 16.4 Å². The topological polar surface area (TPSA) is 79.6 Å². The summed E-state index contributed by atoms with van der Waals surface area (Å²) in [5.41, 5.74) is 3.22. The molecule has 7 nitrogen and oxygen atoms in total. The summed E-state index contributed by atoms with van der Waals surface area (Å²) in [4.78, 5) is 4.73. The number of piperidine rings is 1. The molecule has 1 N–H and O–H groups in total. The second-order valence-electron chi connectivity index (χ2n) is 8.57. The van der Waals surface area contributed by atoms with Crippen LogP contribution in [0.3, 0.4) is 0 Å². The molecule has 0 saturated carbocycles. The van der Waals surface area contributed by atoms with Gasteiger partial charge in [0.05, 0.1) is 20.8 Å². The Labute approximate surface area is 229 Å². The van der Waals surface area contributed by atoms with E-state index in [4.69, 9.17) is 51.4 Å². The molecule has 1 aliphatic rings. The average molecular weight is 583 g/mol. The van der Waals surface area contributed by atoms with Crippen molar-refractivity contribution in [2.75, 3.05) is 18.4 Å². The lowest BCUT2D eigenvalue weighted by atomic mass is 10.0. The summed E-state index contributed by atoms with van der Waals surface area (Å²) in [6.07, 6.45) is 2.94. The van der Waals surface area contributed by atoms with Crippen LogP contribution in [0.1, 0.15) is 12.8 Å². The van der Waals surface area contributed by atoms with Crippen molar-refractivity contribution in [3.8, 4) is 11.3 Å². The van der Waals surface area contributed by atoms with E-state index in [-0.39, 0.29) is 26.0 Å². The molecule has 13 heteroatoms. The fraction of sp³-hybridized carbons (Fsp3) is 0.217. The summed E-state index contributed by atoms with van der Waals surface area (Å²) in [5, 5.41) is 8.79. The van der Waals surface area contributed by atoms with Crippen LogP contribution in [0.15, 0.2) is 53.6 Å². The number of nitrogens with zero attached hydrogens (tertiary/aromatic N) is 4. The molecule has 36 heavy (non-hydrogen) atoms. The second kappa shape index (κ2) is 10.0. The van der Waals surface area contributed by atoms with E-state index >= 15 is 0 Å². The molecule has 186 valence electrons. The fourth-order valence-electron chi connectivity index (χ4n) is 4.28. The van der Waals surface area contributed by atoms with Crippen molar-refractivity contribution in [3.05, 3.63) is 68.8 Å². The molecular weight excluding hydrogens is 563 g/mol. The number of rotatable bonds is 5. The van der Waals surface area contributed by atoms with Gasteiger partial charge in [-0.2, -0.15) is 13.9 Å². The second-order valence-corrected chi connectivity index (χ2v) is 12.0. The van der Waals surface area contributed by atoms with Gasteiger partial charge in [-0.25, -0.2) is 13.4 Å². The molecule has 3 heterocycles. The van der Waals surface area contributed by atoms with Crippen molar-refractivity contribution in [2.45, 2.75) is 23.8 Å². The van der Waals surface area contributed by atoms with Gasteiger partial charge in [0.15, 0.2) is 5.65 Å². The van der Waals surface area contributed by atoms with Crippen molar-refractivity contribution >= 4 is 81.2 Å². The van der Waals surface area contributed by atoms with Crippen LogP contribution < -0.4 is 10.8 Å². The molecule has 2 aromatic heterocycles. The third kappa shape index (κ3) is 4.69. The quantitative estimate of drug-likeness (QED) is 0.276. The van der Waals surface area contributed by atoms with E-state index in [2.05, 4.69) is 10.4 Å². The monoisotopic (exact) mass is 581 g/mol. The highest BCUT2D eigenvalue weighted by Gasteiger charge is 2.32. The summed E-state index contributed by atoms with van der Waals surface area (Å²) < 4.78 is 29.6. The van der Waals surface area contributed by atoms with Crippen molar-refractivity contribution < 1.29 is 8.42 Å². The Morgan fingerprint density at radius 3 is 2.42 bits per heavy atom. The lowest BCUT2D eigenvalue weighted by Crippen LogP contribution is -2.42. The number of nitrogens with one attached hydrogen (secondary N) is 1. The van der Waals surface area contributed by atoms with Gasteiger partial charge >= 0.3 is 0 Å². The van der Waals surface area contributed by atoms with Crippen LogP contribution in [0.25, 0.3) is 16.9 Å². The van der Waals surface area contributed by atoms with Gasteiger partial charge in [0.1, 0.15) is 18.6 Å². The van der Waals surface area contributed by atoms with Crippen LogP contribution in [0.5, 0.6) is 0 Å². The van der Waals surface area contributed by atoms with E-state index < -0.39 is 10.0 Å². The van der Waals surface area contributed by atoms with Gasteiger partial charge in [0.25, 0.3) is 0 Å². The molecule has 0 bridgehead atoms. The Morgan fingerprint density at radius 1 is 0.972 bits per heavy atom.